The van der Waals surface area contributed by atoms with Gasteiger partial charge in [0.15, 0.2) is 0 Å². The van der Waals surface area contributed by atoms with E-state index < -0.39 is 0 Å². The monoisotopic (exact) mass is 220 g/mol. The third kappa shape index (κ3) is 2.92. The van der Waals surface area contributed by atoms with Crippen LogP contribution in [0.25, 0.3) is 0 Å². The molecule has 0 saturated carbocycles. The number of aryl methyl sites for hydroxylation is 1. The molecule has 0 aromatic carbocycles. The summed E-state index contributed by atoms with van der Waals surface area (Å²) in [6.45, 7) is 7.51. The van der Waals surface area contributed by atoms with Gasteiger partial charge in [-0.1, -0.05) is 6.92 Å². The van der Waals surface area contributed by atoms with Crippen molar-refractivity contribution in [1.82, 2.24) is 15.3 Å². The van der Waals surface area contributed by atoms with Crippen molar-refractivity contribution in [1.29, 1.82) is 0 Å². The van der Waals surface area contributed by atoms with Crippen molar-refractivity contribution in [3.63, 3.8) is 0 Å². The Hall–Kier alpha value is -1.16. The van der Waals surface area contributed by atoms with Gasteiger partial charge in [0, 0.05) is 24.8 Å². The summed E-state index contributed by atoms with van der Waals surface area (Å²) in [5.41, 5.74) is 1.35. The molecule has 2 heterocycles. The Morgan fingerprint density at radius 1 is 1.50 bits per heavy atom. The first kappa shape index (κ1) is 11.3. The van der Waals surface area contributed by atoms with Gasteiger partial charge < -0.3 is 10.6 Å². The number of piperidine rings is 1. The number of hydrogen-bond donors (Lipinski definition) is 2. The van der Waals surface area contributed by atoms with Crippen molar-refractivity contribution in [2.45, 2.75) is 26.7 Å². The summed E-state index contributed by atoms with van der Waals surface area (Å²) in [5, 5.41) is 6.85. The highest BCUT2D eigenvalue weighted by Gasteiger charge is 2.26. The van der Waals surface area contributed by atoms with E-state index >= 15 is 0 Å². The molecule has 0 amide bonds. The Balaban J connectivity index is 1.91. The summed E-state index contributed by atoms with van der Waals surface area (Å²) in [6, 6.07) is 1.99. The zero-order valence-electron chi connectivity index (χ0n) is 10.1. The summed E-state index contributed by atoms with van der Waals surface area (Å²) < 4.78 is 0. The fraction of sp³-hybridized carbons (Fsp3) is 0.667. The first-order valence-corrected chi connectivity index (χ1v) is 5.91. The minimum atomic E-state index is 0.344. The lowest BCUT2D eigenvalue weighted by atomic mass is 9.83. The van der Waals surface area contributed by atoms with E-state index in [4.69, 9.17) is 0 Å². The maximum absolute atomic E-state index is 4.21. The number of aromatic nitrogens is 2. The number of anilines is 1. The Morgan fingerprint density at radius 3 is 3.06 bits per heavy atom. The third-order valence-corrected chi connectivity index (χ3v) is 3.19. The first-order valence-electron chi connectivity index (χ1n) is 5.91. The van der Waals surface area contributed by atoms with Gasteiger partial charge in [-0.25, -0.2) is 9.97 Å². The zero-order chi connectivity index (χ0) is 11.4. The van der Waals surface area contributed by atoms with E-state index in [1.807, 2.05) is 13.0 Å². The van der Waals surface area contributed by atoms with Crippen LogP contribution in [0.3, 0.4) is 0 Å². The quantitative estimate of drug-likeness (QED) is 0.812. The van der Waals surface area contributed by atoms with Gasteiger partial charge >= 0.3 is 0 Å². The Morgan fingerprint density at radius 2 is 2.38 bits per heavy atom. The molecule has 1 aliphatic rings. The maximum Gasteiger partial charge on any atom is 0.129 e. The molecule has 88 valence electrons. The third-order valence-electron chi connectivity index (χ3n) is 3.19. The van der Waals surface area contributed by atoms with Crippen LogP contribution in [-0.2, 0) is 0 Å². The molecule has 0 bridgehead atoms. The average Bonchev–Trinajstić information content (AvgIpc) is 2.28. The summed E-state index contributed by atoms with van der Waals surface area (Å²) in [7, 11) is 0. The lowest BCUT2D eigenvalue weighted by molar-refractivity contribution is 0.253. The lowest BCUT2D eigenvalue weighted by Gasteiger charge is -2.34. The summed E-state index contributed by atoms with van der Waals surface area (Å²) in [6.07, 6.45) is 4.15. The van der Waals surface area contributed by atoms with Crippen molar-refractivity contribution in [2.24, 2.45) is 5.41 Å². The van der Waals surface area contributed by atoms with Crippen molar-refractivity contribution in [3.05, 3.63) is 18.1 Å². The standard InChI is InChI=1S/C12H20N4/c1-10-6-11(16-9-15-10)14-8-12(2)4-3-5-13-7-12/h6,9,13H,3-5,7-8H2,1-2H3,(H,14,15,16). The van der Waals surface area contributed by atoms with Gasteiger partial charge in [0.05, 0.1) is 0 Å². The summed E-state index contributed by atoms with van der Waals surface area (Å²) in [4.78, 5) is 8.30. The van der Waals surface area contributed by atoms with Crippen LogP contribution in [0.2, 0.25) is 0 Å². The normalized spacial score (nSPS) is 25.4. The topological polar surface area (TPSA) is 49.8 Å². The van der Waals surface area contributed by atoms with Crippen LogP contribution in [0, 0.1) is 12.3 Å². The Kier molecular flexibility index (Phi) is 3.39. The smallest absolute Gasteiger partial charge is 0.129 e. The fourth-order valence-electron chi connectivity index (χ4n) is 2.12. The lowest BCUT2D eigenvalue weighted by Crippen LogP contribution is -2.42. The number of rotatable bonds is 3. The van der Waals surface area contributed by atoms with Crippen LogP contribution in [-0.4, -0.2) is 29.6 Å². The molecule has 4 heteroatoms. The molecule has 1 fully saturated rings. The minimum Gasteiger partial charge on any atom is -0.369 e. The average molecular weight is 220 g/mol. The molecule has 1 aromatic rings. The van der Waals surface area contributed by atoms with Gasteiger partial charge in [0.1, 0.15) is 12.1 Å². The maximum atomic E-state index is 4.21. The molecule has 1 atom stereocenters. The molecular weight excluding hydrogens is 200 g/mol. The predicted octanol–water partition coefficient (Wildman–Crippen LogP) is 1.59. The Bertz CT molecular complexity index is 345. The van der Waals surface area contributed by atoms with Crippen LogP contribution >= 0.6 is 0 Å². The van der Waals surface area contributed by atoms with Gasteiger partial charge in [-0.3, -0.25) is 0 Å². The van der Waals surface area contributed by atoms with Crippen LogP contribution < -0.4 is 10.6 Å². The number of nitrogens with one attached hydrogen (secondary N) is 2. The summed E-state index contributed by atoms with van der Waals surface area (Å²) in [5.74, 6) is 0.930. The van der Waals surface area contributed by atoms with Gasteiger partial charge in [-0.05, 0) is 31.7 Å². The molecule has 0 radical (unpaired) electrons. The molecule has 2 N–H and O–H groups in total. The minimum absolute atomic E-state index is 0.344. The molecule has 1 aliphatic heterocycles. The van der Waals surface area contributed by atoms with E-state index in [1.54, 1.807) is 6.33 Å². The van der Waals surface area contributed by atoms with Crippen LogP contribution in [0.1, 0.15) is 25.5 Å². The van der Waals surface area contributed by atoms with Crippen LogP contribution in [0.5, 0.6) is 0 Å². The molecule has 1 saturated heterocycles. The largest absolute Gasteiger partial charge is 0.369 e. The predicted molar refractivity (Wildman–Crippen MR) is 65.5 cm³/mol. The van der Waals surface area contributed by atoms with E-state index in [0.29, 0.717) is 5.41 Å². The molecule has 1 unspecified atom stereocenters. The van der Waals surface area contributed by atoms with Crippen molar-refractivity contribution in [2.75, 3.05) is 25.0 Å². The van der Waals surface area contributed by atoms with Gasteiger partial charge in [0.25, 0.3) is 0 Å². The van der Waals surface area contributed by atoms with Crippen molar-refractivity contribution in [3.8, 4) is 0 Å². The fourth-order valence-corrected chi connectivity index (χ4v) is 2.12. The summed E-state index contributed by atoms with van der Waals surface area (Å²) >= 11 is 0. The second kappa shape index (κ2) is 4.78. The zero-order valence-corrected chi connectivity index (χ0v) is 10.1. The van der Waals surface area contributed by atoms with Crippen LogP contribution in [0.15, 0.2) is 12.4 Å². The molecule has 0 aliphatic carbocycles. The molecular formula is C12H20N4. The van der Waals surface area contributed by atoms with E-state index in [2.05, 4.69) is 27.5 Å². The van der Waals surface area contributed by atoms with E-state index in [0.717, 1.165) is 31.1 Å². The second-order valence-corrected chi connectivity index (χ2v) is 4.99. The molecule has 0 spiro atoms. The van der Waals surface area contributed by atoms with Crippen LogP contribution in [0.4, 0.5) is 5.82 Å². The van der Waals surface area contributed by atoms with Gasteiger partial charge in [-0.2, -0.15) is 0 Å². The van der Waals surface area contributed by atoms with E-state index in [-0.39, 0.29) is 0 Å². The highest BCUT2D eigenvalue weighted by atomic mass is 15.0. The molecule has 16 heavy (non-hydrogen) atoms. The van der Waals surface area contributed by atoms with Gasteiger partial charge in [0.2, 0.25) is 0 Å². The molecule has 1 aromatic heterocycles. The molecule has 2 rings (SSSR count). The number of hydrogen-bond acceptors (Lipinski definition) is 4. The molecule has 4 nitrogen and oxygen atoms in total. The number of nitrogens with zero attached hydrogens (tertiary/aromatic N) is 2. The Labute approximate surface area is 96.9 Å². The SMILES string of the molecule is Cc1cc(NCC2(C)CCCNC2)ncn1. The van der Waals surface area contributed by atoms with E-state index in [9.17, 15) is 0 Å². The van der Waals surface area contributed by atoms with Gasteiger partial charge in [-0.15, -0.1) is 0 Å². The van der Waals surface area contributed by atoms with Crippen molar-refractivity contribution < 1.29 is 0 Å². The van der Waals surface area contributed by atoms with Crippen molar-refractivity contribution >= 4 is 5.82 Å². The highest BCUT2D eigenvalue weighted by molar-refractivity contribution is 5.34. The highest BCUT2D eigenvalue weighted by Crippen LogP contribution is 2.25. The van der Waals surface area contributed by atoms with E-state index in [1.165, 1.54) is 12.8 Å². The first-order chi connectivity index (χ1) is 7.68. The second-order valence-electron chi connectivity index (χ2n) is 4.99.